The Bertz CT molecular complexity index is 692. The molecule has 0 saturated carbocycles. The summed E-state index contributed by atoms with van der Waals surface area (Å²) >= 11 is 5.92. The molecular formula is C17H17ClN2O2. The number of halogens is 1. The van der Waals surface area contributed by atoms with Crippen molar-refractivity contribution < 1.29 is 9.90 Å². The Balaban J connectivity index is 1.72. The number of hydrogen-bond acceptors (Lipinski definition) is 3. The molecule has 0 spiro atoms. The molecule has 1 aromatic carbocycles. The van der Waals surface area contributed by atoms with Gasteiger partial charge in [-0.1, -0.05) is 29.8 Å². The van der Waals surface area contributed by atoms with Gasteiger partial charge in [0, 0.05) is 23.4 Å². The quantitative estimate of drug-likeness (QED) is 0.898. The van der Waals surface area contributed by atoms with Gasteiger partial charge >= 0.3 is 0 Å². The van der Waals surface area contributed by atoms with Gasteiger partial charge in [-0.3, -0.25) is 9.79 Å². The molecule has 0 saturated heterocycles. The predicted molar refractivity (Wildman–Crippen MR) is 87.2 cm³/mol. The molecule has 114 valence electrons. The van der Waals surface area contributed by atoms with E-state index in [0.29, 0.717) is 11.6 Å². The van der Waals surface area contributed by atoms with Crippen molar-refractivity contribution in [3.8, 4) is 0 Å². The fraction of sp³-hybridized carbons (Fsp3) is 0.294. The van der Waals surface area contributed by atoms with E-state index < -0.39 is 0 Å². The lowest BCUT2D eigenvalue weighted by atomic mass is 9.89. The molecule has 5 heteroatoms. The molecule has 0 fully saturated rings. The number of carbonyl (C=O) groups is 1. The van der Waals surface area contributed by atoms with Crippen molar-refractivity contribution in [3.63, 3.8) is 0 Å². The van der Waals surface area contributed by atoms with Crippen molar-refractivity contribution in [3.05, 3.63) is 57.8 Å². The van der Waals surface area contributed by atoms with Crippen LogP contribution in [0.15, 0.2) is 52.2 Å². The molecule has 22 heavy (non-hydrogen) atoms. The lowest BCUT2D eigenvalue weighted by molar-refractivity contribution is -0.117. The molecule has 0 bridgehead atoms. The molecule has 3 rings (SSSR count). The number of rotatable bonds is 3. The van der Waals surface area contributed by atoms with Crippen LogP contribution < -0.4 is 5.32 Å². The van der Waals surface area contributed by atoms with Crippen molar-refractivity contribution in [1.29, 1.82) is 0 Å². The van der Waals surface area contributed by atoms with Gasteiger partial charge in [0.1, 0.15) is 5.76 Å². The number of dihydropyridines is 1. The summed E-state index contributed by atoms with van der Waals surface area (Å²) in [5, 5.41) is 13.7. The van der Waals surface area contributed by atoms with E-state index in [0.717, 1.165) is 30.4 Å². The summed E-state index contributed by atoms with van der Waals surface area (Å²) in [7, 11) is 0. The second-order valence-corrected chi connectivity index (χ2v) is 5.90. The Morgan fingerprint density at radius 3 is 3.14 bits per heavy atom. The maximum Gasteiger partial charge on any atom is 0.256 e. The molecule has 1 aliphatic heterocycles. The van der Waals surface area contributed by atoms with Crippen LogP contribution in [0.3, 0.4) is 0 Å². The smallest absolute Gasteiger partial charge is 0.256 e. The summed E-state index contributed by atoms with van der Waals surface area (Å²) in [6, 6.07) is 7.29. The van der Waals surface area contributed by atoms with Gasteiger partial charge in [0.25, 0.3) is 5.91 Å². The fourth-order valence-electron chi connectivity index (χ4n) is 2.74. The van der Waals surface area contributed by atoms with Gasteiger partial charge in [-0.15, -0.1) is 0 Å². The molecule has 2 aliphatic rings. The Kier molecular flexibility index (Phi) is 4.29. The van der Waals surface area contributed by atoms with Crippen LogP contribution in [0.4, 0.5) is 0 Å². The number of nitrogens with one attached hydrogen (secondary N) is 1. The molecular weight excluding hydrogens is 300 g/mol. The summed E-state index contributed by atoms with van der Waals surface area (Å²) < 4.78 is 0. The van der Waals surface area contributed by atoms with Crippen LogP contribution in [-0.4, -0.2) is 23.3 Å². The highest BCUT2D eigenvalue weighted by Gasteiger charge is 2.27. The third kappa shape index (κ3) is 3.07. The first-order valence-corrected chi connectivity index (χ1v) is 7.72. The van der Waals surface area contributed by atoms with Crippen molar-refractivity contribution >= 4 is 23.7 Å². The topological polar surface area (TPSA) is 61.7 Å². The summed E-state index contributed by atoms with van der Waals surface area (Å²) in [6.45, 7) is 0.354. The number of aliphatic hydroxyl groups excluding tert-OH is 1. The largest absolute Gasteiger partial charge is 0.507 e. The summed E-state index contributed by atoms with van der Waals surface area (Å²) in [4.78, 5) is 16.6. The molecule has 0 aromatic heterocycles. The Hall–Kier alpha value is -2.07. The second-order valence-electron chi connectivity index (χ2n) is 5.46. The monoisotopic (exact) mass is 316 g/mol. The number of carbonyl (C=O) groups excluding carboxylic acids is 1. The van der Waals surface area contributed by atoms with Gasteiger partial charge in [0.2, 0.25) is 0 Å². The molecule has 1 heterocycles. The van der Waals surface area contributed by atoms with Gasteiger partial charge in [-0.05, 0) is 37.0 Å². The number of hydrogen-bond donors (Lipinski definition) is 2. The van der Waals surface area contributed by atoms with Crippen LogP contribution in [0.25, 0.3) is 0 Å². The molecule has 1 amide bonds. The van der Waals surface area contributed by atoms with Gasteiger partial charge in [-0.25, -0.2) is 0 Å². The minimum Gasteiger partial charge on any atom is -0.507 e. The average Bonchev–Trinajstić information content (AvgIpc) is 2.53. The minimum absolute atomic E-state index is 0.00164. The Morgan fingerprint density at radius 2 is 2.32 bits per heavy atom. The second kappa shape index (κ2) is 6.36. The minimum atomic E-state index is -0.328. The zero-order chi connectivity index (χ0) is 15.5. The number of aliphatic hydroxyl groups is 1. The highest BCUT2D eigenvalue weighted by Crippen LogP contribution is 2.30. The van der Waals surface area contributed by atoms with E-state index in [-0.39, 0.29) is 23.3 Å². The van der Waals surface area contributed by atoms with Crippen LogP contribution in [-0.2, 0) is 11.3 Å². The van der Waals surface area contributed by atoms with Crippen LogP contribution in [0.2, 0.25) is 5.02 Å². The lowest BCUT2D eigenvalue weighted by Gasteiger charge is -2.24. The standard InChI is InChI=1S/C17H17ClN2O2/c18-12-5-3-4-11(8-12)9-20-17(22)14-10-19-15-7-2-1-6-13(15)16(14)21/h3-6,8,10,15,21H,1-2,7,9H2,(H,20,22). The van der Waals surface area contributed by atoms with E-state index >= 15 is 0 Å². The molecule has 1 atom stereocenters. The fourth-order valence-corrected chi connectivity index (χ4v) is 2.95. The summed E-state index contributed by atoms with van der Waals surface area (Å²) in [6.07, 6.45) is 6.36. The number of nitrogens with zero attached hydrogens (tertiary/aromatic N) is 1. The van der Waals surface area contributed by atoms with E-state index in [1.807, 2.05) is 18.2 Å². The van der Waals surface area contributed by atoms with Crippen molar-refractivity contribution in [1.82, 2.24) is 5.32 Å². The van der Waals surface area contributed by atoms with E-state index in [1.165, 1.54) is 6.21 Å². The van der Waals surface area contributed by atoms with Crippen LogP contribution in [0.1, 0.15) is 24.8 Å². The van der Waals surface area contributed by atoms with E-state index in [9.17, 15) is 9.90 Å². The van der Waals surface area contributed by atoms with Crippen LogP contribution in [0, 0.1) is 0 Å². The first-order chi connectivity index (χ1) is 10.6. The Labute approximate surface area is 134 Å². The molecule has 1 unspecified atom stereocenters. The molecule has 1 aromatic rings. The number of amides is 1. The van der Waals surface area contributed by atoms with E-state index in [1.54, 1.807) is 12.1 Å². The van der Waals surface area contributed by atoms with E-state index in [4.69, 9.17) is 11.6 Å². The zero-order valence-corrected chi connectivity index (χ0v) is 12.8. The molecule has 2 N–H and O–H groups in total. The van der Waals surface area contributed by atoms with Gasteiger partial charge < -0.3 is 10.4 Å². The molecule has 0 radical (unpaired) electrons. The Morgan fingerprint density at radius 1 is 1.45 bits per heavy atom. The first-order valence-electron chi connectivity index (χ1n) is 7.34. The lowest BCUT2D eigenvalue weighted by Crippen LogP contribution is -2.30. The number of benzene rings is 1. The SMILES string of the molecule is O=C(NCc1cccc(Cl)c1)C1=C(O)C2=CCCCC2N=C1. The van der Waals surface area contributed by atoms with Crippen molar-refractivity contribution in [2.24, 2.45) is 4.99 Å². The number of aliphatic imine (C=N–C) groups is 1. The highest BCUT2D eigenvalue weighted by molar-refractivity contribution is 6.30. The third-order valence-corrected chi connectivity index (χ3v) is 4.14. The molecule has 1 aliphatic carbocycles. The maximum absolute atomic E-state index is 12.3. The third-order valence-electron chi connectivity index (χ3n) is 3.90. The van der Waals surface area contributed by atoms with Gasteiger partial charge in [0.05, 0.1) is 11.6 Å². The molecule has 4 nitrogen and oxygen atoms in total. The summed E-state index contributed by atoms with van der Waals surface area (Å²) in [5.41, 5.74) is 1.91. The van der Waals surface area contributed by atoms with E-state index in [2.05, 4.69) is 10.3 Å². The van der Waals surface area contributed by atoms with Crippen LogP contribution >= 0.6 is 11.6 Å². The highest BCUT2D eigenvalue weighted by atomic mass is 35.5. The summed E-state index contributed by atoms with van der Waals surface area (Å²) in [5.74, 6) is -0.269. The van der Waals surface area contributed by atoms with Crippen LogP contribution in [0.5, 0.6) is 0 Å². The number of allylic oxidation sites excluding steroid dienone is 1. The normalized spacial score (nSPS) is 20.4. The zero-order valence-electron chi connectivity index (χ0n) is 12.1. The predicted octanol–water partition coefficient (Wildman–Crippen LogP) is 3.33. The maximum atomic E-state index is 12.3. The van der Waals surface area contributed by atoms with Crippen molar-refractivity contribution in [2.75, 3.05) is 0 Å². The van der Waals surface area contributed by atoms with Gasteiger partial charge in [-0.2, -0.15) is 0 Å². The van der Waals surface area contributed by atoms with Gasteiger partial charge in [0.15, 0.2) is 0 Å². The first kappa shape index (κ1) is 14.9. The van der Waals surface area contributed by atoms with Crippen molar-refractivity contribution in [2.45, 2.75) is 31.8 Å². The number of fused-ring (bicyclic) bond motifs is 1. The average molecular weight is 317 g/mol.